The number of nitrogens with zero attached hydrogens (tertiary/aromatic N) is 2. The third-order valence-electron chi connectivity index (χ3n) is 4.41. The minimum absolute atomic E-state index is 0.111. The zero-order chi connectivity index (χ0) is 16.7. The molecular weight excluding hydrogens is 304 g/mol. The first kappa shape index (κ1) is 14.4. The summed E-state index contributed by atoms with van der Waals surface area (Å²) in [5, 5.41) is 10.7. The average molecular weight is 320 g/mol. The van der Waals surface area contributed by atoms with Gasteiger partial charge in [0.15, 0.2) is 5.82 Å². The normalized spacial score (nSPS) is 14.7. The minimum Gasteiger partial charge on any atom is -0.323 e. The van der Waals surface area contributed by atoms with Gasteiger partial charge < -0.3 is 10.2 Å². The summed E-state index contributed by atoms with van der Waals surface area (Å²) in [4.78, 5) is 26.6. The van der Waals surface area contributed by atoms with Crippen molar-refractivity contribution in [2.75, 3.05) is 5.32 Å². The Hall–Kier alpha value is -3.15. The van der Waals surface area contributed by atoms with Gasteiger partial charge in [-0.1, -0.05) is 30.3 Å². The average Bonchev–Trinajstić information content (AvgIpc) is 3.16. The van der Waals surface area contributed by atoms with Gasteiger partial charge in [-0.2, -0.15) is 5.10 Å². The number of para-hydroxylation sites is 1. The summed E-state index contributed by atoms with van der Waals surface area (Å²) in [6, 6.07) is 14.4. The van der Waals surface area contributed by atoms with Gasteiger partial charge in [-0.25, -0.2) is 0 Å². The van der Waals surface area contributed by atoms with E-state index in [0.29, 0.717) is 17.9 Å². The third-order valence-corrected chi connectivity index (χ3v) is 4.41. The number of carbonyl (C=O) groups is 2. The van der Waals surface area contributed by atoms with Gasteiger partial charge in [0.2, 0.25) is 5.91 Å². The molecule has 3 aromatic rings. The predicted octanol–water partition coefficient (Wildman–Crippen LogP) is 2.55. The lowest BCUT2D eigenvalue weighted by atomic mass is 10.1. The van der Waals surface area contributed by atoms with Crippen LogP contribution in [0.25, 0.3) is 10.9 Å². The number of carbonyl (C=O) groups excluding carboxylic acids is 2. The monoisotopic (exact) mass is 320 g/mol. The molecule has 4 rings (SSSR count). The van der Waals surface area contributed by atoms with E-state index in [0.717, 1.165) is 16.5 Å². The predicted molar refractivity (Wildman–Crippen MR) is 90.5 cm³/mol. The van der Waals surface area contributed by atoms with Crippen LogP contribution in [0.5, 0.6) is 0 Å². The Morgan fingerprint density at radius 3 is 2.79 bits per heavy atom. The lowest BCUT2D eigenvalue weighted by Crippen LogP contribution is -2.42. The number of benzene rings is 2. The molecule has 2 amide bonds. The standard InChI is InChI=1S/C18H16N4O2/c1-11(22-10-12-6-2-3-7-13(12)18(22)24)17(23)19-16-14-8-4-5-9-15(14)20-21-16/h2-9,11H,10H2,1H3,(H2,19,20,21,23)/t11-/m0/s1. The Labute approximate surface area is 138 Å². The number of hydrogen-bond donors (Lipinski definition) is 2. The fourth-order valence-corrected chi connectivity index (χ4v) is 3.01. The van der Waals surface area contributed by atoms with Crippen molar-refractivity contribution >= 4 is 28.5 Å². The first-order valence-corrected chi connectivity index (χ1v) is 7.78. The van der Waals surface area contributed by atoms with Crippen LogP contribution in [-0.2, 0) is 11.3 Å². The van der Waals surface area contributed by atoms with Crippen LogP contribution in [0.1, 0.15) is 22.8 Å². The second-order valence-electron chi connectivity index (χ2n) is 5.87. The molecule has 120 valence electrons. The number of H-pyrrole nitrogens is 1. The van der Waals surface area contributed by atoms with Crippen LogP contribution in [0.2, 0.25) is 0 Å². The third kappa shape index (κ3) is 2.23. The van der Waals surface area contributed by atoms with E-state index in [1.54, 1.807) is 17.9 Å². The van der Waals surface area contributed by atoms with Crippen molar-refractivity contribution in [1.82, 2.24) is 15.1 Å². The van der Waals surface area contributed by atoms with Gasteiger partial charge in [0.05, 0.1) is 5.52 Å². The minimum atomic E-state index is -0.583. The Balaban J connectivity index is 1.54. The molecule has 0 radical (unpaired) electrons. The van der Waals surface area contributed by atoms with E-state index < -0.39 is 6.04 Å². The van der Waals surface area contributed by atoms with E-state index in [1.165, 1.54) is 0 Å². The smallest absolute Gasteiger partial charge is 0.255 e. The SMILES string of the molecule is C[C@@H](C(=O)Nc1n[nH]c2ccccc12)N1Cc2ccccc2C1=O. The summed E-state index contributed by atoms with van der Waals surface area (Å²) in [6.45, 7) is 2.18. The number of rotatable bonds is 3. The van der Waals surface area contributed by atoms with Gasteiger partial charge >= 0.3 is 0 Å². The summed E-state index contributed by atoms with van der Waals surface area (Å²) in [7, 11) is 0. The van der Waals surface area contributed by atoms with Crippen LogP contribution in [-0.4, -0.2) is 33.0 Å². The van der Waals surface area contributed by atoms with E-state index in [2.05, 4.69) is 15.5 Å². The lowest BCUT2D eigenvalue weighted by Gasteiger charge is -2.23. The maximum Gasteiger partial charge on any atom is 0.255 e. The molecule has 2 heterocycles. The van der Waals surface area contributed by atoms with Crippen LogP contribution in [0.15, 0.2) is 48.5 Å². The molecule has 0 fully saturated rings. The Morgan fingerprint density at radius 2 is 1.96 bits per heavy atom. The van der Waals surface area contributed by atoms with Crippen molar-refractivity contribution in [3.8, 4) is 0 Å². The summed E-state index contributed by atoms with van der Waals surface area (Å²) < 4.78 is 0. The molecule has 0 unspecified atom stereocenters. The van der Waals surface area contributed by atoms with Gasteiger partial charge in [0.25, 0.3) is 5.91 Å². The molecule has 1 aliphatic heterocycles. The highest BCUT2D eigenvalue weighted by Crippen LogP contribution is 2.25. The maximum atomic E-state index is 12.6. The fraction of sp³-hybridized carbons (Fsp3) is 0.167. The quantitative estimate of drug-likeness (QED) is 0.778. The van der Waals surface area contributed by atoms with Gasteiger partial charge in [-0.3, -0.25) is 14.7 Å². The van der Waals surface area contributed by atoms with Gasteiger partial charge in [0.1, 0.15) is 6.04 Å². The molecule has 2 aromatic carbocycles. The number of aromatic amines is 1. The van der Waals surface area contributed by atoms with E-state index in [1.807, 2.05) is 42.5 Å². The molecule has 0 saturated carbocycles. The van der Waals surface area contributed by atoms with Crippen molar-refractivity contribution in [2.24, 2.45) is 0 Å². The fourth-order valence-electron chi connectivity index (χ4n) is 3.01. The van der Waals surface area contributed by atoms with Crippen LogP contribution < -0.4 is 5.32 Å². The largest absolute Gasteiger partial charge is 0.323 e. The number of fused-ring (bicyclic) bond motifs is 2. The molecule has 0 aliphatic carbocycles. The molecule has 0 spiro atoms. The van der Waals surface area contributed by atoms with Gasteiger partial charge in [-0.05, 0) is 30.7 Å². The molecule has 6 nitrogen and oxygen atoms in total. The van der Waals surface area contributed by atoms with Crippen molar-refractivity contribution in [1.29, 1.82) is 0 Å². The van der Waals surface area contributed by atoms with Crippen molar-refractivity contribution in [3.63, 3.8) is 0 Å². The summed E-state index contributed by atoms with van der Waals surface area (Å²) in [5.74, 6) is 0.111. The second kappa shape index (κ2) is 5.49. The van der Waals surface area contributed by atoms with E-state index >= 15 is 0 Å². The van der Waals surface area contributed by atoms with E-state index in [-0.39, 0.29) is 11.8 Å². The highest BCUT2D eigenvalue weighted by molar-refractivity contribution is 6.05. The van der Waals surface area contributed by atoms with Crippen molar-refractivity contribution in [3.05, 3.63) is 59.7 Å². The van der Waals surface area contributed by atoms with Gasteiger partial charge in [-0.15, -0.1) is 0 Å². The number of amides is 2. The first-order chi connectivity index (χ1) is 11.6. The molecule has 6 heteroatoms. The molecule has 1 aromatic heterocycles. The van der Waals surface area contributed by atoms with Gasteiger partial charge in [0, 0.05) is 17.5 Å². The molecule has 1 atom stereocenters. The Kier molecular flexibility index (Phi) is 3.30. The zero-order valence-electron chi connectivity index (χ0n) is 13.1. The molecular formula is C18H16N4O2. The maximum absolute atomic E-state index is 12.6. The number of anilines is 1. The molecule has 1 aliphatic rings. The molecule has 0 bridgehead atoms. The Bertz CT molecular complexity index is 947. The summed E-state index contributed by atoms with van der Waals surface area (Å²) in [6.07, 6.45) is 0. The molecule has 0 saturated heterocycles. The van der Waals surface area contributed by atoms with Crippen LogP contribution in [0.4, 0.5) is 5.82 Å². The first-order valence-electron chi connectivity index (χ1n) is 7.78. The topological polar surface area (TPSA) is 78.1 Å². The molecule has 24 heavy (non-hydrogen) atoms. The Morgan fingerprint density at radius 1 is 1.21 bits per heavy atom. The van der Waals surface area contributed by atoms with E-state index in [9.17, 15) is 9.59 Å². The van der Waals surface area contributed by atoms with Crippen molar-refractivity contribution in [2.45, 2.75) is 19.5 Å². The van der Waals surface area contributed by atoms with Crippen molar-refractivity contribution < 1.29 is 9.59 Å². The summed E-state index contributed by atoms with van der Waals surface area (Å²) >= 11 is 0. The van der Waals surface area contributed by atoms with E-state index in [4.69, 9.17) is 0 Å². The summed E-state index contributed by atoms with van der Waals surface area (Å²) in [5.41, 5.74) is 2.47. The lowest BCUT2D eigenvalue weighted by molar-refractivity contribution is -0.120. The number of hydrogen-bond acceptors (Lipinski definition) is 3. The highest BCUT2D eigenvalue weighted by Gasteiger charge is 2.33. The number of aromatic nitrogens is 2. The van der Waals surface area contributed by atoms with Crippen LogP contribution in [0.3, 0.4) is 0 Å². The molecule has 2 N–H and O–H groups in total. The zero-order valence-corrected chi connectivity index (χ0v) is 13.1. The second-order valence-corrected chi connectivity index (χ2v) is 5.87. The highest BCUT2D eigenvalue weighted by atomic mass is 16.2. The number of nitrogens with one attached hydrogen (secondary N) is 2. The van der Waals surface area contributed by atoms with Crippen LogP contribution >= 0.6 is 0 Å². The van der Waals surface area contributed by atoms with Crippen LogP contribution in [0, 0.1) is 0 Å².